The third-order valence-corrected chi connectivity index (χ3v) is 5.75. The van der Waals surface area contributed by atoms with E-state index in [-0.39, 0.29) is 17.7 Å². The molecule has 0 N–H and O–H groups in total. The zero-order valence-corrected chi connectivity index (χ0v) is 17.7. The molecule has 0 spiro atoms. The van der Waals surface area contributed by atoms with Gasteiger partial charge in [0.2, 0.25) is 5.91 Å². The number of amides is 1. The Balaban J connectivity index is 1.50. The van der Waals surface area contributed by atoms with Gasteiger partial charge in [0.1, 0.15) is 5.82 Å². The molecule has 156 valence electrons. The monoisotopic (exact) mass is 403 g/mol. The molecule has 2 aromatic heterocycles. The molecule has 0 radical (unpaired) electrons. The maximum Gasteiger partial charge on any atom is 0.222 e. The smallest absolute Gasteiger partial charge is 0.222 e. The molecular weight excluding hydrogens is 374 g/mol. The maximum absolute atomic E-state index is 12.9. The second-order valence-electron chi connectivity index (χ2n) is 8.24. The molecule has 0 unspecified atom stereocenters. The highest BCUT2D eigenvalue weighted by Gasteiger charge is 2.28. The largest absolute Gasteiger partial charge is 0.342 e. The highest BCUT2D eigenvalue weighted by molar-refractivity contribution is 5.76. The molecule has 1 fully saturated rings. The predicted molar refractivity (Wildman–Crippen MR) is 117 cm³/mol. The minimum Gasteiger partial charge on any atom is -0.342 e. The molecule has 1 aliphatic rings. The Bertz CT molecular complexity index is 982. The average Bonchev–Trinajstić information content (AvgIpc) is 3.28. The number of likely N-dealkylation sites (tertiary alicyclic amines) is 1. The van der Waals surface area contributed by atoms with Gasteiger partial charge in [0.15, 0.2) is 5.82 Å². The summed E-state index contributed by atoms with van der Waals surface area (Å²) >= 11 is 0. The molecule has 3 heterocycles. The predicted octanol–water partition coefficient (Wildman–Crippen LogP) is 4.12. The topological polar surface area (TPSA) is 63.9 Å². The normalized spacial score (nSPS) is 16.8. The first kappa shape index (κ1) is 20.3. The minimum absolute atomic E-state index is 0.186. The Morgan fingerprint density at radius 3 is 2.70 bits per heavy atom. The van der Waals surface area contributed by atoms with Crippen molar-refractivity contribution in [3.63, 3.8) is 0 Å². The number of aromatic nitrogens is 4. The fourth-order valence-electron chi connectivity index (χ4n) is 4.22. The van der Waals surface area contributed by atoms with Crippen LogP contribution in [-0.4, -0.2) is 43.4 Å². The fourth-order valence-corrected chi connectivity index (χ4v) is 4.22. The number of piperidine rings is 1. The van der Waals surface area contributed by atoms with Gasteiger partial charge in [0.25, 0.3) is 0 Å². The molecule has 4 rings (SSSR count). The molecule has 6 heteroatoms. The van der Waals surface area contributed by atoms with E-state index in [0.717, 1.165) is 43.1 Å². The summed E-state index contributed by atoms with van der Waals surface area (Å²) in [6.45, 7) is 5.78. The van der Waals surface area contributed by atoms with Gasteiger partial charge in [-0.25, -0.2) is 9.97 Å². The number of carbonyl (C=O) groups excluding carboxylic acids is 1. The van der Waals surface area contributed by atoms with E-state index in [2.05, 4.69) is 35.9 Å². The lowest BCUT2D eigenvalue weighted by atomic mass is 9.93. The van der Waals surface area contributed by atoms with Crippen LogP contribution in [0.3, 0.4) is 0 Å². The Kier molecular flexibility index (Phi) is 6.21. The number of imidazole rings is 1. The van der Waals surface area contributed by atoms with Crippen molar-refractivity contribution >= 4 is 5.91 Å². The number of benzene rings is 1. The molecule has 30 heavy (non-hydrogen) atoms. The number of rotatable bonds is 6. The van der Waals surface area contributed by atoms with Crippen LogP contribution in [0.25, 0.3) is 5.82 Å². The lowest BCUT2D eigenvalue weighted by molar-refractivity contribution is -0.132. The highest BCUT2D eigenvalue weighted by Crippen LogP contribution is 2.30. The van der Waals surface area contributed by atoms with Crippen LogP contribution in [0.5, 0.6) is 0 Å². The van der Waals surface area contributed by atoms with Crippen molar-refractivity contribution in [2.75, 3.05) is 13.1 Å². The van der Waals surface area contributed by atoms with Gasteiger partial charge < -0.3 is 4.90 Å². The minimum atomic E-state index is 0.186. The summed E-state index contributed by atoms with van der Waals surface area (Å²) < 4.78 is 2.04. The van der Waals surface area contributed by atoms with Crippen molar-refractivity contribution < 1.29 is 4.79 Å². The molecular formula is C24H29N5O. The van der Waals surface area contributed by atoms with E-state index < -0.39 is 0 Å². The van der Waals surface area contributed by atoms with E-state index in [9.17, 15) is 4.79 Å². The van der Waals surface area contributed by atoms with E-state index in [1.165, 1.54) is 5.56 Å². The summed E-state index contributed by atoms with van der Waals surface area (Å²) in [5.74, 6) is 2.51. The van der Waals surface area contributed by atoms with Crippen molar-refractivity contribution in [3.8, 4) is 5.82 Å². The molecule has 0 bridgehead atoms. The summed E-state index contributed by atoms with van der Waals surface area (Å²) in [6.07, 6.45) is 10.6. The molecule has 0 saturated carbocycles. The van der Waals surface area contributed by atoms with Gasteiger partial charge in [-0.1, -0.05) is 44.2 Å². The molecule has 0 aliphatic carbocycles. The van der Waals surface area contributed by atoms with Gasteiger partial charge in [0, 0.05) is 56.1 Å². The lowest BCUT2D eigenvalue weighted by Crippen LogP contribution is -2.39. The molecule has 1 amide bonds. The molecule has 1 aromatic carbocycles. The third kappa shape index (κ3) is 4.42. The zero-order valence-electron chi connectivity index (χ0n) is 17.7. The molecule has 1 aliphatic heterocycles. The first-order valence-electron chi connectivity index (χ1n) is 10.8. The Morgan fingerprint density at radius 1 is 1.10 bits per heavy atom. The third-order valence-electron chi connectivity index (χ3n) is 5.75. The van der Waals surface area contributed by atoms with Crippen LogP contribution in [0.4, 0.5) is 0 Å². The Hall–Kier alpha value is -3.02. The number of carbonyl (C=O) groups is 1. The Labute approximate surface area is 178 Å². The van der Waals surface area contributed by atoms with Gasteiger partial charge in [-0.05, 0) is 24.8 Å². The zero-order chi connectivity index (χ0) is 20.9. The second kappa shape index (κ2) is 9.20. The fraction of sp³-hybridized carbons (Fsp3) is 0.417. The van der Waals surface area contributed by atoms with Crippen LogP contribution in [0.2, 0.25) is 0 Å². The second-order valence-corrected chi connectivity index (χ2v) is 8.24. The highest BCUT2D eigenvalue weighted by atomic mass is 16.2. The SMILES string of the molecule is CC(C)c1nccn1-c1nccnc1[C@@H]1CCCN(C(=O)CCc2ccccc2)C1. The van der Waals surface area contributed by atoms with Crippen LogP contribution < -0.4 is 0 Å². The van der Waals surface area contributed by atoms with E-state index in [0.29, 0.717) is 13.0 Å². The van der Waals surface area contributed by atoms with E-state index in [1.54, 1.807) is 12.4 Å². The van der Waals surface area contributed by atoms with E-state index in [4.69, 9.17) is 4.98 Å². The molecule has 1 saturated heterocycles. The van der Waals surface area contributed by atoms with Gasteiger partial charge in [-0.3, -0.25) is 14.3 Å². The number of nitrogens with zero attached hydrogens (tertiary/aromatic N) is 5. The van der Waals surface area contributed by atoms with Crippen LogP contribution in [0, 0.1) is 0 Å². The van der Waals surface area contributed by atoms with Gasteiger partial charge in [0.05, 0.1) is 5.69 Å². The van der Waals surface area contributed by atoms with Crippen molar-refractivity contribution in [1.82, 2.24) is 24.4 Å². The molecule has 1 atom stereocenters. The maximum atomic E-state index is 12.9. The lowest BCUT2D eigenvalue weighted by Gasteiger charge is -2.33. The van der Waals surface area contributed by atoms with E-state index >= 15 is 0 Å². The van der Waals surface area contributed by atoms with Crippen LogP contribution in [-0.2, 0) is 11.2 Å². The quantitative estimate of drug-likeness (QED) is 0.621. The summed E-state index contributed by atoms with van der Waals surface area (Å²) in [5.41, 5.74) is 2.16. The molecule has 6 nitrogen and oxygen atoms in total. The number of hydrogen-bond acceptors (Lipinski definition) is 4. The number of hydrogen-bond donors (Lipinski definition) is 0. The first-order chi connectivity index (χ1) is 14.6. The van der Waals surface area contributed by atoms with Crippen LogP contribution in [0.1, 0.15) is 62.0 Å². The van der Waals surface area contributed by atoms with Crippen molar-refractivity contribution in [1.29, 1.82) is 0 Å². The van der Waals surface area contributed by atoms with E-state index in [1.807, 2.05) is 40.1 Å². The van der Waals surface area contributed by atoms with Gasteiger partial charge in [-0.2, -0.15) is 0 Å². The van der Waals surface area contributed by atoms with Crippen molar-refractivity contribution in [3.05, 3.63) is 72.2 Å². The van der Waals surface area contributed by atoms with Gasteiger partial charge >= 0.3 is 0 Å². The molecule has 3 aromatic rings. The van der Waals surface area contributed by atoms with Crippen molar-refractivity contribution in [2.24, 2.45) is 0 Å². The average molecular weight is 404 g/mol. The number of aryl methyl sites for hydroxylation is 1. The summed E-state index contributed by atoms with van der Waals surface area (Å²) in [7, 11) is 0. The summed E-state index contributed by atoms with van der Waals surface area (Å²) in [4.78, 5) is 28.7. The first-order valence-corrected chi connectivity index (χ1v) is 10.8. The van der Waals surface area contributed by atoms with Crippen molar-refractivity contribution in [2.45, 2.75) is 51.4 Å². The van der Waals surface area contributed by atoms with Crippen LogP contribution in [0.15, 0.2) is 55.1 Å². The summed E-state index contributed by atoms with van der Waals surface area (Å²) in [5, 5.41) is 0. The van der Waals surface area contributed by atoms with Gasteiger partial charge in [-0.15, -0.1) is 0 Å². The van der Waals surface area contributed by atoms with Crippen LogP contribution >= 0.6 is 0 Å². The Morgan fingerprint density at radius 2 is 1.90 bits per heavy atom. The standard InChI is InChI=1S/C24H29N5O/c1-18(2)23-27-14-16-29(23)24-22(25-12-13-26-24)20-9-6-15-28(17-20)21(30)11-10-19-7-4-3-5-8-19/h3-5,7-8,12-14,16,18,20H,6,9-11,15,17H2,1-2H3/t20-/m1/s1. The summed E-state index contributed by atoms with van der Waals surface area (Å²) in [6, 6.07) is 10.2.